The fourth-order valence-electron chi connectivity index (χ4n) is 1.68. The Hall–Kier alpha value is -0.370. The van der Waals surface area contributed by atoms with Gasteiger partial charge in [0.25, 0.3) is 0 Å². The lowest BCUT2D eigenvalue weighted by Gasteiger charge is -2.23. The number of nitrogens with one attached hydrogen (secondary N) is 1. The lowest BCUT2D eigenvalue weighted by Crippen LogP contribution is -2.41. The minimum atomic E-state index is 0. The van der Waals surface area contributed by atoms with Crippen molar-refractivity contribution in [2.75, 3.05) is 26.9 Å². The van der Waals surface area contributed by atoms with Crippen molar-refractivity contribution in [1.29, 1.82) is 0 Å². The highest BCUT2D eigenvalue weighted by Crippen LogP contribution is 2.05. The maximum atomic E-state index is 4.32. The van der Waals surface area contributed by atoms with Crippen molar-refractivity contribution in [3.63, 3.8) is 0 Å². The van der Waals surface area contributed by atoms with Gasteiger partial charge >= 0.3 is 0 Å². The molecule has 0 fully saturated rings. The molecule has 4 nitrogen and oxygen atoms in total. The summed E-state index contributed by atoms with van der Waals surface area (Å²) < 4.78 is 2.13. The van der Waals surface area contributed by atoms with E-state index in [9.17, 15) is 0 Å². The molecule has 1 atom stereocenters. The van der Waals surface area contributed by atoms with Crippen LogP contribution in [-0.4, -0.2) is 47.6 Å². The Morgan fingerprint density at radius 3 is 2.74 bits per heavy atom. The molecular weight excluding hydrogens is 371 g/mol. The monoisotopic (exact) mass is 396 g/mol. The number of aromatic nitrogens is 1. The van der Waals surface area contributed by atoms with E-state index in [0.717, 1.165) is 19.0 Å². The smallest absolute Gasteiger partial charge is 0.193 e. The molecule has 0 bridgehead atoms. The van der Waals surface area contributed by atoms with Crippen molar-refractivity contribution >= 4 is 41.7 Å². The standard InChI is InChI=1S/C13H24N4S.HI/c1-11(18-5)9-15-13(14-2)17(4)10-12-7-6-8-16(12)3;/h6-8,11H,9-10H2,1-5H3,(H,14,15);1H. The average Bonchev–Trinajstić information content (AvgIpc) is 2.75. The van der Waals surface area contributed by atoms with Crippen LogP contribution in [0.5, 0.6) is 0 Å². The molecule has 19 heavy (non-hydrogen) atoms. The van der Waals surface area contributed by atoms with Gasteiger partial charge in [-0.2, -0.15) is 11.8 Å². The molecule has 0 aliphatic rings. The van der Waals surface area contributed by atoms with Crippen LogP contribution < -0.4 is 5.32 Å². The van der Waals surface area contributed by atoms with Crippen LogP contribution >= 0.6 is 35.7 Å². The zero-order chi connectivity index (χ0) is 13.5. The van der Waals surface area contributed by atoms with Crippen LogP contribution in [0.4, 0.5) is 0 Å². The first-order valence-electron chi connectivity index (χ1n) is 6.13. The second-order valence-corrected chi connectivity index (χ2v) is 5.72. The van der Waals surface area contributed by atoms with Crippen LogP contribution in [-0.2, 0) is 13.6 Å². The fraction of sp³-hybridized carbons (Fsp3) is 0.615. The second-order valence-electron chi connectivity index (χ2n) is 4.44. The average molecular weight is 396 g/mol. The maximum absolute atomic E-state index is 4.32. The van der Waals surface area contributed by atoms with Gasteiger partial charge in [0.05, 0.1) is 6.54 Å². The summed E-state index contributed by atoms with van der Waals surface area (Å²) in [4.78, 5) is 6.46. The van der Waals surface area contributed by atoms with Gasteiger partial charge in [-0.25, -0.2) is 0 Å². The maximum Gasteiger partial charge on any atom is 0.193 e. The summed E-state index contributed by atoms with van der Waals surface area (Å²) in [6.45, 7) is 4.00. The van der Waals surface area contributed by atoms with Gasteiger partial charge in [-0.05, 0) is 18.4 Å². The van der Waals surface area contributed by atoms with E-state index in [2.05, 4.69) is 65.4 Å². The first-order chi connectivity index (χ1) is 8.58. The SMILES string of the molecule is CN=C(NCC(C)SC)N(C)Cc1cccn1C.I. The van der Waals surface area contributed by atoms with Crippen molar-refractivity contribution in [3.05, 3.63) is 24.0 Å². The minimum Gasteiger partial charge on any atom is -0.355 e. The van der Waals surface area contributed by atoms with Gasteiger partial charge in [-0.3, -0.25) is 4.99 Å². The van der Waals surface area contributed by atoms with Crippen molar-refractivity contribution in [1.82, 2.24) is 14.8 Å². The van der Waals surface area contributed by atoms with Gasteiger partial charge in [0.2, 0.25) is 0 Å². The Morgan fingerprint density at radius 2 is 2.26 bits per heavy atom. The normalized spacial score (nSPS) is 12.8. The van der Waals surface area contributed by atoms with E-state index in [1.165, 1.54) is 5.69 Å². The zero-order valence-corrected chi connectivity index (χ0v) is 15.5. The molecule has 0 aliphatic heterocycles. The molecule has 0 aliphatic carbocycles. The summed E-state index contributed by atoms with van der Waals surface area (Å²) in [6.07, 6.45) is 4.19. The Balaban J connectivity index is 0.00000324. The molecule has 0 spiro atoms. The molecule has 6 heteroatoms. The number of aryl methyl sites for hydroxylation is 1. The van der Waals surface area contributed by atoms with E-state index in [1.807, 2.05) is 18.8 Å². The Kier molecular flexibility index (Phi) is 9.34. The van der Waals surface area contributed by atoms with Crippen molar-refractivity contribution < 1.29 is 0 Å². The summed E-state index contributed by atoms with van der Waals surface area (Å²) in [7, 11) is 5.95. The van der Waals surface area contributed by atoms with Crippen LogP contribution in [0.2, 0.25) is 0 Å². The van der Waals surface area contributed by atoms with Crippen LogP contribution in [0, 0.1) is 0 Å². The highest BCUT2D eigenvalue weighted by molar-refractivity contribution is 14.0. The van der Waals surface area contributed by atoms with Gasteiger partial charge in [-0.15, -0.1) is 24.0 Å². The quantitative estimate of drug-likeness (QED) is 0.472. The Bertz CT molecular complexity index is 392. The first-order valence-corrected chi connectivity index (χ1v) is 7.42. The van der Waals surface area contributed by atoms with Crippen LogP contribution in [0.3, 0.4) is 0 Å². The summed E-state index contributed by atoms with van der Waals surface area (Å²) in [5.41, 5.74) is 1.28. The lowest BCUT2D eigenvalue weighted by molar-refractivity contribution is 0.462. The van der Waals surface area contributed by atoms with Gasteiger partial charge in [0, 0.05) is 44.8 Å². The highest BCUT2D eigenvalue weighted by atomic mass is 127. The van der Waals surface area contributed by atoms with Crippen LogP contribution in [0.25, 0.3) is 0 Å². The molecule has 1 aromatic heterocycles. The molecule has 1 aromatic rings. The number of thioether (sulfide) groups is 1. The minimum absolute atomic E-state index is 0. The molecule has 0 saturated carbocycles. The molecule has 0 radical (unpaired) electrons. The third kappa shape index (κ3) is 6.07. The van der Waals surface area contributed by atoms with E-state index in [-0.39, 0.29) is 24.0 Å². The van der Waals surface area contributed by atoms with Gasteiger partial charge in [-0.1, -0.05) is 6.92 Å². The largest absolute Gasteiger partial charge is 0.355 e. The molecule has 0 saturated heterocycles. The van der Waals surface area contributed by atoms with Crippen molar-refractivity contribution in [2.45, 2.75) is 18.7 Å². The Morgan fingerprint density at radius 1 is 1.58 bits per heavy atom. The molecule has 0 amide bonds. The number of nitrogens with zero attached hydrogens (tertiary/aromatic N) is 3. The molecule has 1 heterocycles. The van der Waals surface area contributed by atoms with E-state index in [0.29, 0.717) is 5.25 Å². The lowest BCUT2D eigenvalue weighted by atomic mass is 10.4. The number of halogens is 1. The third-order valence-corrected chi connectivity index (χ3v) is 3.95. The molecular formula is C13H25IN4S. The number of rotatable bonds is 5. The van der Waals surface area contributed by atoms with Crippen LogP contribution in [0.15, 0.2) is 23.3 Å². The van der Waals surface area contributed by atoms with E-state index < -0.39 is 0 Å². The molecule has 1 N–H and O–H groups in total. The molecule has 110 valence electrons. The van der Waals surface area contributed by atoms with E-state index in [4.69, 9.17) is 0 Å². The third-order valence-electron chi connectivity index (χ3n) is 2.97. The fourth-order valence-corrected chi connectivity index (χ4v) is 1.93. The number of aliphatic imine (C=N–C) groups is 1. The first kappa shape index (κ1) is 18.6. The number of hydrogen-bond acceptors (Lipinski definition) is 2. The summed E-state index contributed by atoms with van der Waals surface area (Å²) in [5, 5.41) is 3.99. The number of hydrogen-bond donors (Lipinski definition) is 1. The predicted octanol–water partition coefficient (Wildman–Crippen LogP) is 2.40. The molecule has 0 aromatic carbocycles. The van der Waals surface area contributed by atoms with Crippen molar-refractivity contribution in [2.24, 2.45) is 12.0 Å². The molecule has 1 rings (SSSR count). The second kappa shape index (κ2) is 9.52. The van der Waals surface area contributed by atoms with Gasteiger partial charge in [0.15, 0.2) is 5.96 Å². The summed E-state index contributed by atoms with van der Waals surface area (Å²) >= 11 is 1.86. The highest BCUT2D eigenvalue weighted by Gasteiger charge is 2.09. The van der Waals surface area contributed by atoms with E-state index >= 15 is 0 Å². The topological polar surface area (TPSA) is 32.6 Å². The molecule has 1 unspecified atom stereocenters. The Labute approximate surface area is 138 Å². The van der Waals surface area contributed by atoms with Gasteiger partial charge < -0.3 is 14.8 Å². The predicted molar refractivity (Wildman–Crippen MR) is 96.6 cm³/mol. The van der Waals surface area contributed by atoms with Gasteiger partial charge in [0.1, 0.15) is 0 Å². The number of guanidine groups is 1. The van der Waals surface area contributed by atoms with E-state index in [1.54, 1.807) is 0 Å². The summed E-state index contributed by atoms with van der Waals surface area (Å²) in [5.74, 6) is 0.942. The zero-order valence-electron chi connectivity index (χ0n) is 12.4. The summed E-state index contributed by atoms with van der Waals surface area (Å²) in [6, 6.07) is 4.20. The van der Waals surface area contributed by atoms with Crippen molar-refractivity contribution in [3.8, 4) is 0 Å². The van der Waals surface area contributed by atoms with Crippen LogP contribution in [0.1, 0.15) is 12.6 Å².